The minimum Gasteiger partial charge on any atom is -0.485 e. The molecule has 0 fully saturated rings. The average molecular weight is 268 g/mol. The molecule has 1 heterocycles. The molecule has 18 heavy (non-hydrogen) atoms. The van der Waals surface area contributed by atoms with E-state index in [1.165, 1.54) is 18.2 Å². The van der Waals surface area contributed by atoms with Crippen LogP contribution in [0.4, 0.5) is 4.39 Å². The molecule has 3 nitrogen and oxygen atoms in total. The number of rotatable bonds is 4. The molecular weight excluding hydrogens is 257 g/mol. The highest BCUT2D eigenvalue weighted by atomic mass is 35.5. The molecule has 0 atom stereocenters. The van der Waals surface area contributed by atoms with E-state index in [1.54, 1.807) is 29.9 Å². The average Bonchev–Trinajstić information content (AvgIpc) is 2.77. The highest BCUT2D eigenvalue weighted by Gasteiger charge is 2.10. The smallest absolute Gasteiger partial charge is 0.216 e. The van der Waals surface area contributed by atoms with Gasteiger partial charge in [-0.25, -0.2) is 4.39 Å². The lowest BCUT2D eigenvalue weighted by Crippen LogP contribution is -2.14. The van der Waals surface area contributed by atoms with Gasteiger partial charge in [-0.15, -0.1) is 0 Å². The fourth-order valence-corrected chi connectivity index (χ4v) is 1.71. The Balaban J connectivity index is 2.02. The van der Waals surface area contributed by atoms with Crippen molar-refractivity contribution in [1.82, 2.24) is 4.57 Å². The monoisotopic (exact) mass is 267 g/mol. The van der Waals surface area contributed by atoms with Gasteiger partial charge in [0.05, 0.1) is 10.7 Å². The van der Waals surface area contributed by atoms with Crippen LogP contribution in [-0.4, -0.2) is 17.0 Å². The largest absolute Gasteiger partial charge is 0.485 e. The minimum atomic E-state index is -0.516. The maximum Gasteiger partial charge on any atom is 0.216 e. The van der Waals surface area contributed by atoms with Crippen molar-refractivity contribution in [1.29, 1.82) is 0 Å². The molecule has 5 heteroatoms. The lowest BCUT2D eigenvalue weighted by molar-refractivity contribution is 0.0913. The van der Waals surface area contributed by atoms with Gasteiger partial charge in [-0.3, -0.25) is 4.79 Å². The Hall–Kier alpha value is -1.81. The first-order chi connectivity index (χ1) is 8.58. The first kappa shape index (κ1) is 12.6. The van der Waals surface area contributed by atoms with Crippen molar-refractivity contribution in [2.45, 2.75) is 0 Å². The molecule has 1 aromatic carbocycles. The molecule has 0 unspecified atom stereocenters. The predicted molar refractivity (Wildman–Crippen MR) is 66.6 cm³/mol. The van der Waals surface area contributed by atoms with E-state index in [9.17, 15) is 9.18 Å². The highest BCUT2D eigenvalue weighted by Crippen LogP contribution is 2.21. The van der Waals surface area contributed by atoms with Crippen LogP contribution >= 0.6 is 11.6 Å². The number of Topliss-reactive ketones (excluding diaryl/α,β-unsaturated/α-hetero) is 1. The third-order valence-corrected chi connectivity index (χ3v) is 2.78. The molecule has 2 rings (SSSR count). The molecule has 94 valence electrons. The van der Waals surface area contributed by atoms with Crippen molar-refractivity contribution >= 4 is 17.4 Å². The van der Waals surface area contributed by atoms with E-state index in [4.69, 9.17) is 16.3 Å². The first-order valence-corrected chi connectivity index (χ1v) is 5.68. The Kier molecular flexibility index (Phi) is 3.67. The summed E-state index contributed by atoms with van der Waals surface area (Å²) in [4.78, 5) is 11.8. The Morgan fingerprint density at radius 1 is 1.44 bits per heavy atom. The molecule has 2 aromatic rings. The van der Waals surface area contributed by atoms with Gasteiger partial charge in [-0.2, -0.15) is 0 Å². The van der Waals surface area contributed by atoms with Crippen LogP contribution in [0.15, 0.2) is 36.5 Å². The SMILES string of the molecule is Cn1cccc1C(=O)COc1ccc(F)c(Cl)c1. The quantitative estimate of drug-likeness (QED) is 0.797. The molecule has 0 N–H and O–H groups in total. The van der Waals surface area contributed by atoms with Crippen LogP contribution < -0.4 is 4.74 Å². The molecule has 0 aliphatic carbocycles. The molecule has 0 aliphatic heterocycles. The van der Waals surface area contributed by atoms with Crippen LogP contribution in [0.2, 0.25) is 5.02 Å². The zero-order valence-electron chi connectivity index (χ0n) is 9.69. The second-order valence-corrected chi connectivity index (χ2v) is 4.20. The standard InChI is InChI=1S/C13H11ClFNO2/c1-16-6-2-3-12(16)13(17)8-18-9-4-5-11(15)10(14)7-9/h2-7H,8H2,1H3. The van der Waals surface area contributed by atoms with Crippen molar-refractivity contribution in [2.24, 2.45) is 7.05 Å². The van der Waals surface area contributed by atoms with Gasteiger partial charge in [-0.1, -0.05) is 11.6 Å². The second-order valence-electron chi connectivity index (χ2n) is 3.79. The Morgan fingerprint density at radius 2 is 2.22 bits per heavy atom. The number of ether oxygens (including phenoxy) is 1. The van der Waals surface area contributed by atoms with Gasteiger partial charge in [-0.05, 0) is 24.3 Å². The number of carbonyl (C=O) groups is 1. The van der Waals surface area contributed by atoms with Gasteiger partial charge in [0, 0.05) is 19.3 Å². The van der Waals surface area contributed by atoms with E-state index in [-0.39, 0.29) is 17.4 Å². The Bertz CT molecular complexity index is 580. The number of halogens is 2. The van der Waals surface area contributed by atoms with Crippen molar-refractivity contribution < 1.29 is 13.9 Å². The third-order valence-electron chi connectivity index (χ3n) is 2.49. The number of hydrogen-bond donors (Lipinski definition) is 0. The third kappa shape index (κ3) is 2.71. The molecule has 0 saturated heterocycles. The summed E-state index contributed by atoms with van der Waals surface area (Å²) in [7, 11) is 1.78. The van der Waals surface area contributed by atoms with Crippen molar-refractivity contribution in [3.8, 4) is 5.75 Å². The van der Waals surface area contributed by atoms with Crippen molar-refractivity contribution in [3.63, 3.8) is 0 Å². The van der Waals surface area contributed by atoms with Crippen LogP contribution in [0.3, 0.4) is 0 Å². The second kappa shape index (κ2) is 5.23. The van der Waals surface area contributed by atoms with E-state index < -0.39 is 5.82 Å². The minimum absolute atomic E-state index is 0.0289. The number of nitrogens with zero attached hydrogens (tertiary/aromatic N) is 1. The summed E-state index contributed by atoms with van der Waals surface area (Å²) in [6.07, 6.45) is 1.78. The summed E-state index contributed by atoms with van der Waals surface area (Å²) < 4.78 is 19.9. The summed E-state index contributed by atoms with van der Waals surface area (Å²) in [6.45, 7) is -0.111. The maximum atomic E-state index is 12.9. The summed E-state index contributed by atoms with van der Waals surface area (Å²) in [6, 6.07) is 7.46. The molecule has 0 saturated carbocycles. The van der Waals surface area contributed by atoms with E-state index in [0.29, 0.717) is 11.4 Å². The van der Waals surface area contributed by atoms with Gasteiger partial charge < -0.3 is 9.30 Å². The summed E-state index contributed by atoms with van der Waals surface area (Å²) >= 11 is 5.61. The normalized spacial score (nSPS) is 10.4. The number of hydrogen-bond acceptors (Lipinski definition) is 2. The fraction of sp³-hybridized carbons (Fsp3) is 0.154. The molecule has 0 amide bonds. The van der Waals surface area contributed by atoms with Gasteiger partial charge in [0.2, 0.25) is 5.78 Å². The lowest BCUT2D eigenvalue weighted by atomic mass is 10.3. The molecule has 0 aliphatic rings. The zero-order valence-corrected chi connectivity index (χ0v) is 10.4. The van der Waals surface area contributed by atoms with Crippen LogP contribution in [0.25, 0.3) is 0 Å². The summed E-state index contributed by atoms with van der Waals surface area (Å²) in [5.41, 5.74) is 0.559. The fourth-order valence-electron chi connectivity index (χ4n) is 1.54. The lowest BCUT2D eigenvalue weighted by Gasteiger charge is -2.06. The molecule has 0 radical (unpaired) electrons. The molecule has 0 bridgehead atoms. The number of ketones is 1. The van der Waals surface area contributed by atoms with Gasteiger partial charge in [0.1, 0.15) is 11.6 Å². The first-order valence-electron chi connectivity index (χ1n) is 5.30. The van der Waals surface area contributed by atoms with Gasteiger partial charge in [0.15, 0.2) is 6.61 Å². The topological polar surface area (TPSA) is 31.2 Å². The van der Waals surface area contributed by atoms with E-state index in [1.807, 2.05) is 0 Å². The van der Waals surface area contributed by atoms with Crippen LogP contribution in [0.5, 0.6) is 5.75 Å². The zero-order chi connectivity index (χ0) is 13.1. The highest BCUT2D eigenvalue weighted by molar-refractivity contribution is 6.30. The molecular formula is C13H11ClFNO2. The Labute approximate surface area is 109 Å². The van der Waals surface area contributed by atoms with Gasteiger partial charge in [0.25, 0.3) is 0 Å². The maximum absolute atomic E-state index is 12.9. The van der Waals surface area contributed by atoms with Crippen LogP contribution in [0, 0.1) is 5.82 Å². The van der Waals surface area contributed by atoms with E-state index >= 15 is 0 Å². The number of aromatic nitrogens is 1. The Morgan fingerprint density at radius 3 is 2.83 bits per heavy atom. The van der Waals surface area contributed by atoms with Crippen LogP contribution in [0.1, 0.15) is 10.5 Å². The van der Waals surface area contributed by atoms with E-state index in [2.05, 4.69) is 0 Å². The number of aryl methyl sites for hydroxylation is 1. The van der Waals surface area contributed by atoms with Crippen LogP contribution in [-0.2, 0) is 7.05 Å². The van der Waals surface area contributed by atoms with Crippen molar-refractivity contribution in [3.05, 3.63) is 53.1 Å². The van der Waals surface area contributed by atoms with E-state index in [0.717, 1.165) is 0 Å². The molecule has 1 aromatic heterocycles. The number of benzene rings is 1. The van der Waals surface area contributed by atoms with Crippen molar-refractivity contribution in [2.75, 3.05) is 6.61 Å². The predicted octanol–water partition coefficient (Wildman–Crippen LogP) is 3.08. The summed E-state index contributed by atoms with van der Waals surface area (Å²) in [5.74, 6) is -0.301. The molecule has 0 spiro atoms. The summed E-state index contributed by atoms with van der Waals surface area (Å²) in [5, 5.41) is -0.0289. The number of carbonyl (C=O) groups excluding carboxylic acids is 1. The van der Waals surface area contributed by atoms with Gasteiger partial charge >= 0.3 is 0 Å².